The van der Waals surface area contributed by atoms with Crippen molar-refractivity contribution in [3.8, 4) is 5.75 Å². The zero-order valence-electron chi connectivity index (χ0n) is 13.6. The molecule has 3 aromatic rings. The van der Waals surface area contributed by atoms with Gasteiger partial charge < -0.3 is 4.74 Å². The van der Waals surface area contributed by atoms with Crippen LogP contribution in [0.3, 0.4) is 0 Å². The van der Waals surface area contributed by atoms with Crippen LogP contribution in [0.25, 0.3) is 10.8 Å². The van der Waals surface area contributed by atoms with Gasteiger partial charge in [-0.15, -0.1) is 16.8 Å². The first-order valence-electron chi connectivity index (χ1n) is 7.69. The van der Waals surface area contributed by atoms with E-state index in [1.165, 1.54) is 23.1 Å². The summed E-state index contributed by atoms with van der Waals surface area (Å²) in [6, 6.07) is 13.8. The smallest absolute Gasteiger partial charge is 0.266 e. The van der Waals surface area contributed by atoms with Gasteiger partial charge in [0, 0.05) is 5.75 Å². The maximum Gasteiger partial charge on any atom is 0.266 e. The molecule has 1 amide bonds. The van der Waals surface area contributed by atoms with Crippen molar-refractivity contribution in [2.75, 3.05) is 11.1 Å². The van der Waals surface area contributed by atoms with Gasteiger partial charge in [0.25, 0.3) is 5.91 Å². The minimum atomic E-state index is -0.644. The Kier molecular flexibility index (Phi) is 5.67. The molecule has 0 aliphatic carbocycles. The van der Waals surface area contributed by atoms with E-state index in [1.807, 2.05) is 42.5 Å². The number of nitrogens with one attached hydrogen (secondary N) is 1. The highest BCUT2D eigenvalue weighted by atomic mass is 32.2. The highest BCUT2D eigenvalue weighted by molar-refractivity contribution is 8.01. The summed E-state index contributed by atoms with van der Waals surface area (Å²) in [5, 5.41) is 13.4. The number of carbonyl (C=O) groups is 1. The molecule has 5 nitrogen and oxygen atoms in total. The van der Waals surface area contributed by atoms with Gasteiger partial charge in [0.1, 0.15) is 5.75 Å². The predicted molar refractivity (Wildman–Crippen MR) is 103 cm³/mol. The minimum absolute atomic E-state index is 0.260. The quantitative estimate of drug-likeness (QED) is 0.379. The molecule has 0 aliphatic rings. The summed E-state index contributed by atoms with van der Waals surface area (Å²) in [5.41, 5.74) is 0. The lowest BCUT2D eigenvalue weighted by Gasteiger charge is -2.14. The van der Waals surface area contributed by atoms with Gasteiger partial charge >= 0.3 is 0 Å². The van der Waals surface area contributed by atoms with Crippen LogP contribution in [0.1, 0.15) is 6.92 Å². The van der Waals surface area contributed by atoms with Gasteiger partial charge in [-0.25, -0.2) is 0 Å². The van der Waals surface area contributed by atoms with Crippen molar-refractivity contribution in [1.82, 2.24) is 10.2 Å². The second-order valence-electron chi connectivity index (χ2n) is 5.23. The fraction of sp³-hybridized carbons (Fsp3) is 0.167. The molecule has 1 aromatic heterocycles. The summed E-state index contributed by atoms with van der Waals surface area (Å²) in [6.45, 7) is 5.37. The molecule has 0 spiro atoms. The minimum Gasteiger partial charge on any atom is -0.481 e. The normalized spacial score (nSPS) is 11.9. The topological polar surface area (TPSA) is 64.1 Å². The Morgan fingerprint density at radius 2 is 2.12 bits per heavy atom. The SMILES string of the molecule is C=CCSc1nnc(NC(=O)[C@H](C)Oc2ccc3ccccc3c2)s1. The van der Waals surface area contributed by atoms with Gasteiger partial charge in [-0.05, 0) is 29.8 Å². The van der Waals surface area contributed by atoms with Gasteiger partial charge in [0.2, 0.25) is 5.13 Å². The number of carbonyl (C=O) groups excluding carboxylic acids is 1. The van der Waals surface area contributed by atoms with E-state index < -0.39 is 6.10 Å². The number of benzene rings is 2. The van der Waals surface area contributed by atoms with E-state index in [9.17, 15) is 4.79 Å². The Labute approximate surface area is 154 Å². The molecule has 2 aromatic carbocycles. The van der Waals surface area contributed by atoms with Gasteiger partial charge in [0.05, 0.1) is 0 Å². The third-order valence-electron chi connectivity index (χ3n) is 3.36. The lowest BCUT2D eigenvalue weighted by atomic mass is 10.1. The molecular formula is C18H17N3O2S2. The van der Waals surface area contributed by atoms with Gasteiger partial charge in [-0.1, -0.05) is 59.5 Å². The first-order chi connectivity index (χ1) is 12.2. The summed E-state index contributed by atoms with van der Waals surface area (Å²) in [4.78, 5) is 12.3. The number of thioether (sulfide) groups is 1. The number of hydrogen-bond acceptors (Lipinski definition) is 6. The molecular weight excluding hydrogens is 354 g/mol. The molecule has 128 valence electrons. The van der Waals surface area contributed by atoms with Crippen LogP contribution in [0.5, 0.6) is 5.75 Å². The van der Waals surface area contributed by atoms with Crippen molar-refractivity contribution in [1.29, 1.82) is 0 Å². The summed E-state index contributed by atoms with van der Waals surface area (Å²) in [6.07, 6.45) is 1.15. The van der Waals surface area contributed by atoms with Crippen molar-refractivity contribution in [3.63, 3.8) is 0 Å². The van der Waals surface area contributed by atoms with Gasteiger partial charge in [-0.3, -0.25) is 10.1 Å². The number of rotatable bonds is 7. The third-order valence-corrected chi connectivity index (χ3v) is 5.33. The van der Waals surface area contributed by atoms with Crippen molar-refractivity contribution < 1.29 is 9.53 Å². The van der Waals surface area contributed by atoms with Crippen LogP contribution in [0.15, 0.2) is 59.5 Å². The van der Waals surface area contributed by atoms with E-state index in [4.69, 9.17) is 4.74 Å². The molecule has 0 fully saturated rings. The lowest BCUT2D eigenvalue weighted by Crippen LogP contribution is -2.30. The molecule has 0 saturated carbocycles. The molecule has 3 rings (SSSR count). The summed E-state index contributed by atoms with van der Waals surface area (Å²) < 4.78 is 6.54. The summed E-state index contributed by atoms with van der Waals surface area (Å²) in [5.74, 6) is 1.15. The average Bonchev–Trinajstić information content (AvgIpc) is 3.07. The van der Waals surface area contributed by atoms with Crippen molar-refractivity contribution in [2.24, 2.45) is 0 Å². The van der Waals surface area contributed by atoms with Crippen molar-refractivity contribution >= 4 is 44.9 Å². The Bertz CT molecular complexity index is 895. The molecule has 0 aliphatic heterocycles. The van der Waals surface area contributed by atoms with Crippen LogP contribution < -0.4 is 10.1 Å². The monoisotopic (exact) mass is 371 g/mol. The highest BCUT2D eigenvalue weighted by Gasteiger charge is 2.17. The molecule has 1 N–H and O–H groups in total. The van der Waals surface area contributed by atoms with E-state index in [0.29, 0.717) is 10.9 Å². The van der Waals surface area contributed by atoms with E-state index >= 15 is 0 Å². The Morgan fingerprint density at radius 1 is 1.32 bits per heavy atom. The van der Waals surface area contributed by atoms with E-state index in [1.54, 1.807) is 13.0 Å². The first-order valence-corrected chi connectivity index (χ1v) is 9.49. The van der Waals surface area contributed by atoms with Crippen LogP contribution >= 0.6 is 23.1 Å². The van der Waals surface area contributed by atoms with Gasteiger partial charge in [0.15, 0.2) is 10.4 Å². The summed E-state index contributed by atoms with van der Waals surface area (Å²) in [7, 11) is 0. The average molecular weight is 371 g/mol. The predicted octanol–water partition coefficient (Wildman–Crippen LogP) is 4.38. The van der Waals surface area contributed by atoms with E-state index in [2.05, 4.69) is 22.1 Å². The van der Waals surface area contributed by atoms with E-state index in [-0.39, 0.29) is 5.91 Å². The molecule has 0 bridgehead atoms. The molecule has 0 unspecified atom stereocenters. The summed E-state index contributed by atoms with van der Waals surface area (Å²) >= 11 is 2.86. The van der Waals surface area contributed by atoms with Gasteiger partial charge in [-0.2, -0.15) is 0 Å². The lowest BCUT2D eigenvalue weighted by molar-refractivity contribution is -0.122. The number of hydrogen-bond donors (Lipinski definition) is 1. The van der Waals surface area contributed by atoms with Crippen LogP contribution in [0.4, 0.5) is 5.13 Å². The standard InChI is InChI=1S/C18H17N3O2S2/c1-3-10-24-18-21-20-17(25-18)19-16(22)12(2)23-15-9-8-13-6-4-5-7-14(13)11-15/h3-9,11-12H,1,10H2,2H3,(H,19,20,22)/t12-/m0/s1. The van der Waals surface area contributed by atoms with Crippen LogP contribution in [-0.2, 0) is 4.79 Å². The second-order valence-corrected chi connectivity index (χ2v) is 7.48. The number of anilines is 1. The molecule has 0 saturated heterocycles. The van der Waals surface area contributed by atoms with E-state index in [0.717, 1.165) is 20.9 Å². The fourth-order valence-electron chi connectivity index (χ4n) is 2.15. The molecule has 7 heteroatoms. The third kappa shape index (κ3) is 4.58. The Balaban J connectivity index is 1.61. The Hall–Kier alpha value is -2.38. The van der Waals surface area contributed by atoms with Crippen LogP contribution in [0, 0.1) is 0 Å². The second kappa shape index (κ2) is 8.13. The number of ether oxygens (including phenoxy) is 1. The largest absolute Gasteiger partial charge is 0.481 e. The number of amides is 1. The molecule has 1 heterocycles. The zero-order chi connectivity index (χ0) is 17.6. The highest BCUT2D eigenvalue weighted by Crippen LogP contribution is 2.26. The first kappa shape index (κ1) is 17.4. The number of aromatic nitrogens is 2. The molecule has 0 radical (unpaired) electrons. The maximum atomic E-state index is 12.3. The zero-order valence-corrected chi connectivity index (χ0v) is 15.3. The number of nitrogens with zero attached hydrogens (tertiary/aromatic N) is 2. The van der Waals surface area contributed by atoms with Crippen molar-refractivity contribution in [3.05, 3.63) is 55.1 Å². The van der Waals surface area contributed by atoms with Crippen molar-refractivity contribution in [2.45, 2.75) is 17.4 Å². The molecule has 25 heavy (non-hydrogen) atoms. The van der Waals surface area contributed by atoms with Crippen LogP contribution in [-0.4, -0.2) is 28.0 Å². The molecule has 1 atom stereocenters. The maximum absolute atomic E-state index is 12.3. The number of fused-ring (bicyclic) bond motifs is 1. The van der Waals surface area contributed by atoms with Crippen LogP contribution in [0.2, 0.25) is 0 Å². The fourth-order valence-corrected chi connectivity index (χ4v) is 3.67. The Morgan fingerprint density at radius 3 is 2.92 bits per heavy atom.